The van der Waals surface area contributed by atoms with Crippen LogP contribution in [0.2, 0.25) is 0 Å². The lowest BCUT2D eigenvalue weighted by Gasteiger charge is -2.14. The summed E-state index contributed by atoms with van der Waals surface area (Å²) in [6.07, 6.45) is 0.353. The average molecular weight is 244 g/mol. The maximum atomic E-state index is 5.83. The van der Waals surface area contributed by atoms with Crippen molar-refractivity contribution < 1.29 is 9.47 Å². The van der Waals surface area contributed by atoms with Crippen molar-refractivity contribution in [3.63, 3.8) is 0 Å². The molecule has 18 heavy (non-hydrogen) atoms. The molecule has 0 unspecified atom stereocenters. The summed E-state index contributed by atoms with van der Waals surface area (Å²) in [7, 11) is 0. The molecule has 0 saturated carbocycles. The van der Waals surface area contributed by atoms with Gasteiger partial charge in [-0.2, -0.15) is 0 Å². The van der Waals surface area contributed by atoms with Gasteiger partial charge in [0.1, 0.15) is 11.5 Å². The van der Waals surface area contributed by atoms with E-state index in [4.69, 9.17) is 9.47 Å². The van der Waals surface area contributed by atoms with Gasteiger partial charge in [-0.3, -0.25) is 0 Å². The minimum absolute atomic E-state index is 0.172. The van der Waals surface area contributed by atoms with Gasteiger partial charge in [0, 0.05) is 5.39 Å². The molecule has 2 nitrogen and oxygen atoms in total. The second kappa shape index (κ2) is 5.30. The van der Waals surface area contributed by atoms with Crippen LogP contribution in [0.3, 0.4) is 0 Å². The van der Waals surface area contributed by atoms with E-state index in [9.17, 15) is 0 Å². The summed E-state index contributed by atoms with van der Waals surface area (Å²) in [5.41, 5.74) is 0. The molecular weight excluding hydrogens is 224 g/mol. The lowest BCUT2D eigenvalue weighted by atomic mass is 10.1. The van der Waals surface area contributed by atoms with Crippen LogP contribution in [0.5, 0.6) is 11.5 Å². The van der Waals surface area contributed by atoms with Gasteiger partial charge >= 0.3 is 0 Å². The van der Waals surface area contributed by atoms with Gasteiger partial charge in [0.15, 0.2) is 0 Å². The van der Waals surface area contributed by atoms with E-state index in [2.05, 4.69) is 12.1 Å². The zero-order chi connectivity index (χ0) is 13.1. The van der Waals surface area contributed by atoms with Crippen LogP contribution >= 0.6 is 0 Å². The van der Waals surface area contributed by atoms with Gasteiger partial charge in [-0.05, 0) is 51.3 Å². The fraction of sp³-hybridized carbons (Fsp3) is 0.375. The number of ether oxygens (including phenoxy) is 2. The molecule has 0 aliphatic rings. The molecular formula is C16H20O2. The van der Waals surface area contributed by atoms with Gasteiger partial charge < -0.3 is 9.47 Å². The van der Waals surface area contributed by atoms with E-state index in [-0.39, 0.29) is 12.2 Å². The van der Waals surface area contributed by atoms with Gasteiger partial charge in [-0.25, -0.2) is 0 Å². The molecule has 0 radical (unpaired) electrons. The number of hydrogen-bond donors (Lipinski definition) is 0. The molecule has 0 N–H and O–H groups in total. The number of hydrogen-bond acceptors (Lipinski definition) is 2. The summed E-state index contributed by atoms with van der Waals surface area (Å²) in [6.45, 7) is 8.13. The standard InChI is InChI=1S/C16H20O2/c1-11(2)17-14-9-8-13-6-5-7-16(15(13)10-14)18-12(3)4/h5-12H,1-4H3. The Hall–Kier alpha value is -1.70. The van der Waals surface area contributed by atoms with Crippen molar-refractivity contribution in [3.05, 3.63) is 36.4 Å². The molecule has 0 aromatic heterocycles. The SMILES string of the molecule is CC(C)Oc1ccc2cccc(OC(C)C)c2c1. The molecule has 0 spiro atoms. The summed E-state index contributed by atoms with van der Waals surface area (Å²) >= 11 is 0. The lowest BCUT2D eigenvalue weighted by Crippen LogP contribution is -2.07. The number of rotatable bonds is 4. The van der Waals surface area contributed by atoms with E-state index in [1.54, 1.807) is 0 Å². The maximum Gasteiger partial charge on any atom is 0.127 e. The Morgan fingerprint density at radius 1 is 0.833 bits per heavy atom. The van der Waals surface area contributed by atoms with Gasteiger partial charge in [-0.15, -0.1) is 0 Å². The Kier molecular flexibility index (Phi) is 3.75. The van der Waals surface area contributed by atoms with E-state index < -0.39 is 0 Å². The molecule has 0 bridgehead atoms. The third-order valence-corrected chi connectivity index (χ3v) is 2.55. The minimum Gasteiger partial charge on any atom is -0.491 e. The molecule has 0 heterocycles. The van der Waals surface area contributed by atoms with E-state index in [0.29, 0.717) is 0 Å². The average Bonchev–Trinajstić information content (AvgIpc) is 2.28. The van der Waals surface area contributed by atoms with Crippen LogP contribution in [0.4, 0.5) is 0 Å². The van der Waals surface area contributed by atoms with Crippen molar-refractivity contribution in [2.75, 3.05) is 0 Å². The molecule has 0 aliphatic heterocycles. The van der Waals surface area contributed by atoms with E-state index >= 15 is 0 Å². The van der Waals surface area contributed by atoms with Crippen molar-refractivity contribution in [3.8, 4) is 11.5 Å². The van der Waals surface area contributed by atoms with E-state index in [1.165, 1.54) is 5.39 Å². The quantitative estimate of drug-likeness (QED) is 0.793. The molecule has 2 aromatic carbocycles. The van der Waals surface area contributed by atoms with Crippen LogP contribution in [0.25, 0.3) is 10.8 Å². The third-order valence-electron chi connectivity index (χ3n) is 2.55. The smallest absolute Gasteiger partial charge is 0.127 e. The van der Waals surface area contributed by atoms with Gasteiger partial charge in [-0.1, -0.05) is 18.2 Å². The first-order valence-corrected chi connectivity index (χ1v) is 6.42. The third kappa shape index (κ3) is 2.95. The highest BCUT2D eigenvalue weighted by atomic mass is 16.5. The summed E-state index contributed by atoms with van der Waals surface area (Å²) in [5.74, 6) is 1.80. The lowest BCUT2D eigenvalue weighted by molar-refractivity contribution is 0.240. The highest BCUT2D eigenvalue weighted by Gasteiger charge is 2.06. The Morgan fingerprint density at radius 2 is 1.56 bits per heavy atom. The predicted octanol–water partition coefficient (Wildman–Crippen LogP) is 4.41. The molecule has 0 amide bonds. The van der Waals surface area contributed by atoms with Crippen LogP contribution in [0, 0.1) is 0 Å². The predicted molar refractivity (Wildman–Crippen MR) is 75.5 cm³/mol. The minimum atomic E-state index is 0.172. The van der Waals surface area contributed by atoms with Crippen LogP contribution in [0.15, 0.2) is 36.4 Å². The van der Waals surface area contributed by atoms with Crippen molar-refractivity contribution in [2.45, 2.75) is 39.9 Å². The first-order chi connectivity index (χ1) is 8.56. The monoisotopic (exact) mass is 244 g/mol. The van der Waals surface area contributed by atoms with Gasteiger partial charge in [0.05, 0.1) is 12.2 Å². The fourth-order valence-electron chi connectivity index (χ4n) is 1.93. The largest absolute Gasteiger partial charge is 0.491 e. The molecule has 2 heteroatoms. The van der Waals surface area contributed by atoms with Crippen molar-refractivity contribution in [1.82, 2.24) is 0 Å². The molecule has 2 aromatic rings. The summed E-state index contributed by atoms with van der Waals surface area (Å²) in [5, 5.41) is 2.27. The zero-order valence-electron chi connectivity index (χ0n) is 11.4. The first-order valence-electron chi connectivity index (χ1n) is 6.42. The molecule has 0 aliphatic carbocycles. The molecule has 0 saturated heterocycles. The highest BCUT2D eigenvalue weighted by Crippen LogP contribution is 2.30. The van der Waals surface area contributed by atoms with Crippen LogP contribution in [0.1, 0.15) is 27.7 Å². The van der Waals surface area contributed by atoms with Crippen molar-refractivity contribution in [1.29, 1.82) is 0 Å². The van der Waals surface area contributed by atoms with E-state index in [0.717, 1.165) is 16.9 Å². The number of fused-ring (bicyclic) bond motifs is 1. The second-order valence-electron chi connectivity index (χ2n) is 4.97. The van der Waals surface area contributed by atoms with Gasteiger partial charge in [0.25, 0.3) is 0 Å². The van der Waals surface area contributed by atoms with Crippen LogP contribution in [-0.2, 0) is 0 Å². The van der Waals surface area contributed by atoms with Crippen molar-refractivity contribution >= 4 is 10.8 Å². The van der Waals surface area contributed by atoms with Gasteiger partial charge in [0.2, 0.25) is 0 Å². The second-order valence-corrected chi connectivity index (χ2v) is 4.97. The summed E-state index contributed by atoms with van der Waals surface area (Å²) in [6, 6.07) is 12.2. The highest BCUT2D eigenvalue weighted by molar-refractivity contribution is 5.89. The molecule has 96 valence electrons. The topological polar surface area (TPSA) is 18.5 Å². The van der Waals surface area contributed by atoms with Crippen LogP contribution in [-0.4, -0.2) is 12.2 Å². The van der Waals surface area contributed by atoms with E-state index in [1.807, 2.05) is 52.0 Å². The zero-order valence-corrected chi connectivity index (χ0v) is 11.4. The molecule has 2 rings (SSSR count). The van der Waals surface area contributed by atoms with Crippen molar-refractivity contribution in [2.24, 2.45) is 0 Å². The molecule has 0 fully saturated rings. The summed E-state index contributed by atoms with van der Waals surface area (Å²) in [4.78, 5) is 0. The summed E-state index contributed by atoms with van der Waals surface area (Å²) < 4.78 is 11.6. The maximum absolute atomic E-state index is 5.83. The van der Waals surface area contributed by atoms with Crippen LogP contribution < -0.4 is 9.47 Å². The Morgan fingerprint density at radius 3 is 2.22 bits per heavy atom. The Balaban J connectivity index is 2.44. The normalized spacial score (nSPS) is 11.2. The first kappa shape index (κ1) is 12.7. The number of benzene rings is 2. The Bertz CT molecular complexity index is 530. The fourth-order valence-corrected chi connectivity index (χ4v) is 1.93. The molecule has 0 atom stereocenters. The Labute approximate surface area is 109 Å².